The predicted octanol–water partition coefficient (Wildman–Crippen LogP) is 1.33. The van der Waals surface area contributed by atoms with E-state index in [1.165, 1.54) is 7.11 Å². The Morgan fingerprint density at radius 3 is 2.40 bits per heavy atom. The minimum absolute atomic E-state index is 0.191. The Labute approximate surface area is 90.7 Å². The van der Waals surface area contributed by atoms with Crippen LogP contribution in [0.4, 0.5) is 0 Å². The van der Waals surface area contributed by atoms with Crippen LogP contribution in [0.5, 0.6) is 0 Å². The van der Waals surface area contributed by atoms with Crippen molar-refractivity contribution in [3.63, 3.8) is 0 Å². The molecule has 0 aromatic heterocycles. The number of ether oxygens (including phenoxy) is 1. The number of nitrogens with zero attached hydrogens (tertiary/aromatic N) is 1. The van der Waals surface area contributed by atoms with Crippen molar-refractivity contribution in [3.05, 3.63) is 35.9 Å². The van der Waals surface area contributed by atoms with E-state index >= 15 is 0 Å². The van der Waals surface area contributed by atoms with E-state index in [0.717, 1.165) is 5.56 Å². The third-order valence-corrected chi connectivity index (χ3v) is 2.37. The van der Waals surface area contributed by atoms with Crippen LogP contribution in [0.2, 0.25) is 0 Å². The largest absolute Gasteiger partial charge is 0.468 e. The summed E-state index contributed by atoms with van der Waals surface area (Å²) in [4.78, 5) is 13.4. The van der Waals surface area contributed by atoms with E-state index in [2.05, 4.69) is 0 Å². The molecule has 1 aromatic carbocycles. The summed E-state index contributed by atoms with van der Waals surface area (Å²) in [5.41, 5.74) is 1.14. The first kappa shape index (κ1) is 11.7. The molecule has 0 saturated heterocycles. The lowest BCUT2D eigenvalue weighted by Gasteiger charge is -2.21. The van der Waals surface area contributed by atoms with Crippen LogP contribution in [0, 0.1) is 0 Å². The number of carbonyl (C=O) groups excluding carboxylic acids is 1. The van der Waals surface area contributed by atoms with Crippen molar-refractivity contribution in [1.29, 1.82) is 0 Å². The van der Waals surface area contributed by atoms with Crippen LogP contribution in [-0.2, 0) is 16.0 Å². The van der Waals surface area contributed by atoms with E-state index in [9.17, 15) is 4.79 Å². The second kappa shape index (κ2) is 5.51. The molecule has 0 saturated carbocycles. The standard InChI is InChI=1S/C12H17NO2/c1-13(2)11(12(14)15-3)9-10-7-5-4-6-8-10/h4-8,11H,9H2,1-3H3. The highest BCUT2D eigenvalue weighted by atomic mass is 16.5. The summed E-state index contributed by atoms with van der Waals surface area (Å²) < 4.78 is 4.77. The fourth-order valence-electron chi connectivity index (χ4n) is 1.45. The molecule has 0 bridgehead atoms. The molecule has 0 aliphatic heterocycles. The molecule has 0 spiro atoms. The highest BCUT2D eigenvalue weighted by Gasteiger charge is 2.21. The van der Waals surface area contributed by atoms with Gasteiger partial charge in [-0.05, 0) is 26.1 Å². The van der Waals surface area contributed by atoms with Crippen LogP contribution in [-0.4, -0.2) is 38.1 Å². The van der Waals surface area contributed by atoms with Crippen LogP contribution in [0.15, 0.2) is 30.3 Å². The Kier molecular flexibility index (Phi) is 4.31. The lowest BCUT2D eigenvalue weighted by molar-refractivity contribution is -0.145. The van der Waals surface area contributed by atoms with Crippen LogP contribution < -0.4 is 0 Å². The molecule has 82 valence electrons. The fourth-order valence-corrected chi connectivity index (χ4v) is 1.45. The molecule has 0 N–H and O–H groups in total. The van der Waals surface area contributed by atoms with Crippen molar-refractivity contribution in [3.8, 4) is 0 Å². The Bertz CT molecular complexity index is 309. The molecular formula is C12H17NO2. The van der Waals surface area contributed by atoms with E-state index in [-0.39, 0.29) is 12.0 Å². The highest BCUT2D eigenvalue weighted by Crippen LogP contribution is 2.07. The van der Waals surface area contributed by atoms with Gasteiger partial charge in [-0.15, -0.1) is 0 Å². The Morgan fingerprint density at radius 2 is 1.93 bits per heavy atom. The van der Waals surface area contributed by atoms with Crippen LogP contribution in [0.3, 0.4) is 0 Å². The zero-order valence-electron chi connectivity index (χ0n) is 9.43. The SMILES string of the molecule is COC(=O)C(Cc1ccccc1)N(C)C. The Morgan fingerprint density at radius 1 is 1.33 bits per heavy atom. The number of hydrogen-bond donors (Lipinski definition) is 0. The average molecular weight is 207 g/mol. The molecule has 1 rings (SSSR count). The third kappa shape index (κ3) is 3.36. The average Bonchev–Trinajstić information content (AvgIpc) is 2.26. The maximum Gasteiger partial charge on any atom is 0.323 e. The highest BCUT2D eigenvalue weighted by molar-refractivity contribution is 5.76. The lowest BCUT2D eigenvalue weighted by atomic mass is 10.1. The normalized spacial score (nSPS) is 12.5. The van der Waals surface area contributed by atoms with Gasteiger partial charge in [0.15, 0.2) is 0 Å². The molecule has 15 heavy (non-hydrogen) atoms. The van der Waals surface area contributed by atoms with Crippen LogP contribution in [0.25, 0.3) is 0 Å². The van der Waals surface area contributed by atoms with E-state index in [4.69, 9.17) is 4.74 Å². The number of carbonyl (C=O) groups is 1. The van der Waals surface area contributed by atoms with Gasteiger partial charge in [-0.1, -0.05) is 30.3 Å². The summed E-state index contributed by atoms with van der Waals surface area (Å²) in [5, 5.41) is 0. The first-order valence-corrected chi connectivity index (χ1v) is 4.93. The maximum absolute atomic E-state index is 11.5. The number of hydrogen-bond acceptors (Lipinski definition) is 3. The zero-order chi connectivity index (χ0) is 11.3. The minimum atomic E-state index is -0.211. The molecular weight excluding hydrogens is 190 g/mol. The molecule has 1 unspecified atom stereocenters. The number of likely N-dealkylation sites (N-methyl/N-ethyl adjacent to an activating group) is 1. The van der Waals surface area contributed by atoms with Gasteiger partial charge in [0.1, 0.15) is 6.04 Å². The fraction of sp³-hybridized carbons (Fsp3) is 0.417. The topological polar surface area (TPSA) is 29.5 Å². The quantitative estimate of drug-likeness (QED) is 0.698. The smallest absolute Gasteiger partial charge is 0.323 e. The zero-order valence-corrected chi connectivity index (χ0v) is 9.43. The van der Waals surface area contributed by atoms with Gasteiger partial charge in [0.25, 0.3) is 0 Å². The van der Waals surface area contributed by atoms with Crippen LogP contribution in [0.1, 0.15) is 5.56 Å². The first-order chi connectivity index (χ1) is 7.15. The third-order valence-electron chi connectivity index (χ3n) is 2.37. The van der Waals surface area contributed by atoms with Crippen molar-refractivity contribution in [2.45, 2.75) is 12.5 Å². The second-order valence-corrected chi connectivity index (χ2v) is 3.69. The molecule has 0 aliphatic rings. The number of rotatable bonds is 4. The first-order valence-electron chi connectivity index (χ1n) is 4.93. The van der Waals surface area contributed by atoms with Crippen molar-refractivity contribution < 1.29 is 9.53 Å². The van der Waals surface area contributed by atoms with Gasteiger partial charge in [-0.25, -0.2) is 0 Å². The molecule has 1 aromatic rings. The van der Waals surface area contributed by atoms with E-state index in [1.807, 2.05) is 49.3 Å². The van der Waals surface area contributed by atoms with Gasteiger partial charge >= 0.3 is 5.97 Å². The molecule has 0 fully saturated rings. The molecule has 0 radical (unpaired) electrons. The molecule has 1 atom stereocenters. The summed E-state index contributed by atoms with van der Waals surface area (Å²) >= 11 is 0. The van der Waals surface area contributed by atoms with Crippen molar-refractivity contribution >= 4 is 5.97 Å². The van der Waals surface area contributed by atoms with Gasteiger partial charge in [0, 0.05) is 0 Å². The van der Waals surface area contributed by atoms with E-state index in [0.29, 0.717) is 6.42 Å². The van der Waals surface area contributed by atoms with Crippen molar-refractivity contribution in [2.24, 2.45) is 0 Å². The molecule has 3 nitrogen and oxygen atoms in total. The molecule has 0 amide bonds. The van der Waals surface area contributed by atoms with Gasteiger partial charge < -0.3 is 4.74 Å². The van der Waals surface area contributed by atoms with Crippen molar-refractivity contribution in [1.82, 2.24) is 4.90 Å². The van der Waals surface area contributed by atoms with Gasteiger partial charge in [0.2, 0.25) is 0 Å². The number of benzene rings is 1. The van der Waals surface area contributed by atoms with Crippen LogP contribution >= 0.6 is 0 Å². The summed E-state index contributed by atoms with van der Waals surface area (Å²) in [7, 11) is 5.18. The Hall–Kier alpha value is -1.35. The number of methoxy groups -OCH3 is 1. The summed E-state index contributed by atoms with van der Waals surface area (Å²) in [5.74, 6) is -0.191. The number of esters is 1. The maximum atomic E-state index is 11.5. The molecule has 0 aliphatic carbocycles. The minimum Gasteiger partial charge on any atom is -0.468 e. The van der Waals surface area contributed by atoms with Gasteiger partial charge in [-0.3, -0.25) is 9.69 Å². The molecule has 0 heterocycles. The molecule has 3 heteroatoms. The monoisotopic (exact) mass is 207 g/mol. The predicted molar refractivity (Wildman–Crippen MR) is 59.6 cm³/mol. The summed E-state index contributed by atoms with van der Waals surface area (Å²) in [6.45, 7) is 0. The lowest BCUT2D eigenvalue weighted by Crippen LogP contribution is -2.38. The van der Waals surface area contributed by atoms with E-state index in [1.54, 1.807) is 0 Å². The van der Waals surface area contributed by atoms with Gasteiger partial charge in [0.05, 0.1) is 7.11 Å². The second-order valence-electron chi connectivity index (χ2n) is 3.69. The van der Waals surface area contributed by atoms with Crippen molar-refractivity contribution in [2.75, 3.05) is 21.2 Å². The summed E-state index contributed by atoms with van der Waals surface area (Å²) in [6, 6.07) is 9.72. The summed E-state index contributed by atoms with van der Waals surface area (Å²) in [6.07, 6.45) is 0.681. The Balaban J connectivity index is 2.72. The van der Waals surface area contributed by atoms with E-state index < -0.39 is 0 Å². The van der Waals surface area contributed by atoms with Gasteiger partial charge in [-0.2, -0.15) is 0 Å².